The molecule has 0 aliphatic carbocycles. The molecule has 2 amide bonds. The molecule has 0 unspecified atom stereocenters. The third-order valence-electron chi connectivity index (χ3n) is 3.98. The summed E-state index contributed by atoms with van der Waals surface area (Å²) in [4.78, 5) is 26.3. The van der Waals surface area contributed by atoms with Gasteiger partial charge in [0.2, 0.25) is 11.8 Å². The molecule has 0 aliphatic heterocycles. The van der Waals surface area contributed by atoms with Crippen LogP contribution in [-0.4, -0.2) is 36.3 Å². The molecule has 0 saturated carbocycles. The minimum atomic E-state index is -0.182. The lowest BCUT2D eigenvalue weighted by Gasteiger charge is -2.20. The van der Waals surface area contributed by atoms with E-state index >= 15 is 0 Å². The number of rotatable bonds is 8. The van der Waals surface area contributed by atoms with E-state index in [1.165, 1.54) is 11.3 Å². The normalized spacial score (nSPS) is 10.5. The molecule has 0 bridgehead atoms. The van der Waals surface area contributed by atoms with Crippen molar-refractivity contribution in [2.75, 3.05) is 30.3 Å². The first-order valence-corrected chi connectivity index (χ1v) is 9.74. The van der Waals surface area contributed by atoms with Crippen LogP contribution in [0.25, 0.3) is 0 Å². The van der Waals surface area contributed by atoms with Gasteiger partial charge in [0.15, 0.2) is 0 Å². The molecule has 142 valence electrons. The van der Waals surface area contributed by atoms with Crippen molar-refractivity contribution in [3.63, 3.8) is 0 Å². The summed E-state index contributed by atoms with van der Waals surface area (Å²) in [7, 11) is 0. The van der Waals surface area contributed by atoms with Crippen LogP contribution in [0.4, 0.5) is 10.7 Å². The van der Waals surface area contributed by atoms with Crippen molar-refractivity contribution in [3.8, 4) is 6.07 Å². The third-order valence-corrected chi connectivity index (χ3v) is 5.05. The summed E-state index contributed by atoms with van der Waals surface area (Å²) in [5.41, 5.74) is 2.07. The van der Waals surface area contributed by atoms with Crippen LogP contribution in [-0.2, 0) is 9.59 Å². The highest BCUT2D eigenvalue weighted by Gasteiger charge is 2.14. The maximum absolute atomic E-state index is 12.3. The van der Waals surface area contributed by atoms with Crippen LogP contribution in [0.1, 0.15) is 24.5 Å². The van der Waals surface area contributed by atoms with Gasteiger partial charge >= 0.3 is 0 Å². The van der Waals surface area contributed by atoms with Gasteiger partial charge in [-0.25, -0.2) is 0 Å². The van der Waals surface area contributed by atoms with Gasteiger partial charge in [-0.2, -0.15) is 5.26 Å². The van der Waals surface area contributed by atoms with E-state index in [-0.39, 0.29) is 24.8 Å². The second kappa shape index (κ2) is 10.1. The average Bonchev–Trinajstić information content (AvgIpc) is 3.08. The number of thiophene rings is 1. The second-order valence-corrected chi connectivity index (χ2v) is 7.30. The SMILES string of the molecule is CCN(CCC(=O)Nc1sccc1C#N)CC(=O)Nc1cc(Cl)ccc1C. The highest BCUT2D eigenvalue weighted by molar-refractivity contribution is 7.14. The summed E-state index contributed by atoms with van der Waals surface area (Å²) in [6.07, 6.45) is 0.236. The zero-order valence-electron chi connectivity index (χ0n) is 15.2. The highest BCUT2D eigenvalue weighted by atomic mass is 35.5. The molecule has 0 saturated heterocycles. The minimum absolute atomic E-state index is 0.160. The molecule has 0 fully saturated rings. The number of nitriles is 1. The topological polar surface area (TPSA) is 85.2 Å². The number of halogens is 1. The van der Waals surface area contributed by atoms with Gasteiger partial charge in [0, 0.05) is 23.7 Å². The molecule has 0 spiro atoms. The molecule has 2 N–H and O–H groups in total. The maximum atomic E-state index is 12.3. The van der Waals surface area contributed by atoms with Crippen LogP contribution < -0.4 is 10.6 Å². The summed E-state index contributed by atoms with van der Waals surface area (Å²) in [6.45, 7) is 5.09. The Balaban J connectivity index is 1.84. The molecule has 2 aromatic rings. The molecule has 0 atom stereocenters. The van der Waals surface area contributed by atoms with Gasteiger partial charge in [-0.05, 0) is 42.6 Å². The summed E-state index contributed by atoms with van der Waals surface area (Å²) < 4.78 is 0. The number of carbonyl (C=O) groups is 2. The summed E-state index contributed by atoms with van der Waals surface area (Å²) in [6, 6.07) is 9.04. The predicted molar refractivity (Wildman–Crippen MR) is 109 cm³/mol. The second-order valence-electron chi connectivity index (χ2n) is 5.95. The zero-order chi connectivity index (χ0) is 19.8. The van der Waals surface area contributed by atoms with Gasteiger partial charge < -0.3 is 10.6 Å². The van der Waals surface area contributed by atoms with Gasteiger partial charge in [-0.1, -0.05) is 24.6 Å². The molecular weight excluding hydrogens is 384 g/mol. The summed E-state index contributed by atoms with van der Waals surface area (Å²) in [5, 5.41) is 17.4. The molecule has 1 aromatic carbocycles. The predicted octanol–water partition coefficient (Wildman–Crippen LogP) is 3.87. The van der Waals surface area contributed by atoms with Crippen LogP contribution in [0.2, 0.25) is 5.02 Å². The quantitative estimate of drug-likeness (QED) is 0.699. The van der Waals surface area contributed by atoms with E-state index in [0.717, 1.165) is 5.56 Å². The number of nitrogens with zero attached hydrogens (tertiary/aromatic N) is 2. The van der Waals surface area contributed by atoms with Crippen LogP contribution in [0.5, 0.6) is 0 Å². The van der Waals surface area contributed by atoms with Crippen molar-refractivity contribution in [1.82, 2.24) is 4.90 Å². The fourth-order valence-corrected chi connectivity index (χ4v) is 3.34. The number of hydrogen-bond acceptors (Lipinski definition) is 5. The Morgan fingerprint density at radius 2 is 2.04 bits per heavy atom. The monoisotopic (exact) mass is 404 g/mol. The first kappa shape index (κ1) is 20.9. The first-order valence-electron chi connectivity index (χ1n) is 8.48. The average molecular weight is 405 g/mol. The van der Waals surface area contributed by atoms with Crippen molar-refractivity contribution in [1.29, 1.82) is 5.26 Å². The van der Waals surface area contributed by atoms with Crippen LogP contribution in [0.15, 0.2) is 29.6 Å². The Labute approximate surface area is 167 Å². The van der Waals surface area contributed by atoms with Gasteiger partial charge in [0.1, 0.15) is 11.1 Å². The molecule has 1 heterocycles. The van der Waals surface area contributed by atoms with E-state index in [1.54, 1.807) is 23.6 Å². The number of anilines is 2. The van der Waals surface area contributed by atoms with E-state index in [2.05, 4.69) is 10.6 Å². The minimum Gasteiger partial charge on any atom is -0.325 e. The van der Waals surface area contributed by atoms with E-state index in [9.17, 15) is 9.59 Å². The van der Waals surface area contributed by atoms with Gasteiger partial charge in [0.05, 0.1) is 12.1 Å². The number of likely N-dealkylation sites (N-methyl/N-ethyl adjacent to an activating group) is 1. The smallest absolute Gasteiger partial charge is 0.238 e. The van der Waals surface area contributed by atoms with E-state index in [1.807, 2.05) is 30.9 Å². The fraction of sp³-hybridized carbons (Fsp3) is 0.316. The Hall–Kier alpha value is -2.40. The summed E-state index contributed by atoms with van der Waals surface area (Å²) >= 11 is 7.29. The molecular formula is C19H21ClN4O2S. The van der Waals surface area contributed by atoms with Gasteiger partial charge in [0.25, 0.3) is 0 Å². The number of carbonyl (C=O) groups excluding carboxylic acids is 2. The van der Waals surface area contributed by atoms with Gasteiger partial charge in [-0.3, -0.25) is 14.5 Å². The number of amides is 2. The van der Waals surface area contributed by atoms with Crippen molar-refractivity contribution < 1.29 is 9.59 Å². The molecule has 8 heteroatoms. The van der Waals surface area contributed by atoms with Crippen LogP contribution in [0.3, 0.4) is 0 Å². The molecule has 1 aromatic heterocycles. The Kier molecular flexibility index (Phi) is 7.80. The Bertz CT molecular complexity index is 860. The van der Waals surface area contributed by atoms with E-state index in [0.29, 0.717) is 34.4 Å². The van der Waals surface area contributed by atoms with E-state index < -0.39 is 0 Å². The number of nitrogens with one attached hydrogen (secondary N) is 2. The summed E-state index contributed by atoms with van der Waals surface area (Å²) in [5.74, 6) is -0.342. The first-order chi connectivity index (χ1) is 12.9. The standard InChI is InChI=1S/C19H21ClN4O2S/c1-3-24(8-6-17(25)23-19-14(11-21)7-9-27-19)12-18(26)22-16-10-15(20)5-4-13(16)2/h4-5,7,9-10H,3,6,8,12H2,1-2H3,(H,22,26)(H,23,25). The lowest BCUT2D eigenvalue weighted by Crippen LogP contribution is -2.35. The van der Waals surface area contributed by atoms with Crippen molar-refractivity contribution in [3.05, 3.63) is 45.8 Å². The molecule has 0 aliphatic rings. The van der Waals surface area contributed by atoms with E-state index in [4.69, 9.17) is 16.9 Å². The fourth-order valence-electron chi connectivity index (χ4n) is 2.41. The van der Waals surface area contributed by atoms with Crippen molar-refractivity contribution in [2.24, 2.45) is 0 Å². The lowest BCUT2D eigenvalue weighted by atomic mass is 10.2. The third kappa shape index (κ3) is 6.36. The zero-order valence-corrected chi connectivity index (χ0v) is 16.8. The Morgan fingerprint density at radius 1 is 1.26 bits per heavy atom. The lowest BCUT2D eigenvalue weighted by molar-refractivity contribution is -0.119. The van der Waals surface area contributed by atoms with Crippen LogP contribution >= 0.6 is 22.9 Å². The number of aryl methyl sites for hydroxylation is 1. The molecule has 27 heavy (non-hydrogen) atoms. The largest absolute Gasteiger partial charge is 0.325 e. The maximum Gasteiger partial charge on any atom is 0.238 e. The van der Waals surface area contributed by atoms with Crippen LogP contribution in [0, 0.1) is 18.3 Å². The molecule has 6 nitrogen and oxygen atoms in total. The number of hydrogen-bond donors (Lipinski definition) is 2. The highest BCUT2D eigenvalue weighted by Crippen LogP contribution is 2.22. The van der Waals surface area contributed by atoms with Crippen molar-refractivity contribution in [2.45, 2.75) is 20.3 Å². The van der Waals surface area contributed by atoms with Crippen molar-refractivity contribution >= 4 is 45.4 Å². The molecule has 2 rings (SSSR count). The number of benzene rings is 1. The van der Waals surface area contributed by atoms with Gasteiger partial charge in [-0.15, -0.1) is 11.3 Å². The molecule has 0 radical (unpaired) electrons. The Morgan fingerprint density at radius 3 is 2.74 bits per heavy atom.